The lowest BCUT2D eigenvalue weighted by Gasteiger charge is -2.61. The van der Waals surface area contributed by atoms with Gasteiger partial charge < -0.3 is 4.74 Å². The SMILES string of the molecule is CC(C)O[C@H]1CC[C@H]2[C@@H]3CC[C@H]4CC(F)(F)CC[C@]4(C)[C@H]3CC[C@]12C. The van der Waals surface area contributed by atoms with Crippen LogP contribution in [0.25, 0.3) is 0 Å². The number of rotatable bonds is 2. The minimum absolute atomic E-state index is 0.115. The molecule has 0 amide bonds. The van der Waals surface area contributed by atoms with E-state index >= 15 is 0 Å². The highest BCUT2D eigenvalue weighted by Crippen LogP contribution is 2.67. The normalized spacial score (nSPS) is 51.7. The molecule has 144 valence electrons. The first-order valence-corrected chi connectivity index (χ1v) is 10.7. The van der Waals surface area contributed by atoms with Gasteiger partial charge in [0, 0.05) is 12.8 Å². The second-order valence-electron chi connectivity index (χ2n) is 10.5. The average Bonchev–Trinajstić information content (AvgIpc) is 2.84. The molecular formula is C22H36F2O. The summed E-state index contributed by atoms with van der Waals surface area (Å²) in [4.78, 5) is 0. The van der Waals surface area contributed by atoms with Crippen LogP contribution in [0.5, 0.6) is 0 Å². The van der Waals surface area contributed by atoms with Crippen LogP contribution in [0.4, 0.5) is 8.78 Å². The van der Waals surface area contributed by atoms with E-state index in [0.29, 0.717) is 23.5 Å². The topological polar surface area (TPSA) is 9.23 Å². The molecule has 4 aliphatic carbocycles. The molecule has 0 aliphatic heterocycles. The molecule has 4 aliphatic rings. The van der Waals surface area contributed by atoms with Crippen LogP contribution in [0, 0.1) is 34.5 Å². The van der Waals surface area contributed by atoms with E-state index in [9.17, 15) is 8.78 Å². The zero-order chi connectivity index (χ0) is 18.0. The van der Waals surface area contributed by atoms with Crippen LogP contribution in [-0.4, -0.2) is 18.1 Å². The lowest BCUT2D eigenvalue weighted by Crippen LogP contribution is -2.55. The lowest BCUT2D eigenvalue weighted by atomic mass is 9.45. The zero-order valence-electron chi connectivity index (χ0n) is 16.5. The van der Waals surface area contributed by atoms with E-state index in [1.54, 1.807) is 0 Å². The molecule has 0 radical (unpaired) electrons. The van der Waals surface area contributed by atoms with Crippen molar-refractivity contribution in [2.75, 3.05) is 0 Å². The highest BCUT2D eigenvalue weighted by Gasteiger charge is 2.62. The Morgan fingerprint density at radius 3 is 2.28 bits per heavy atom. The first-order valence-electron chi connectivity index (χ1n) is 10.7. The summed E-state index contributed by atoms with van der Waals surface area (Å²) in [6.07, 6.45) is 8.84. The van der Waals surface area contributed by atoms with Crippen molar-refractivity contribution < 1.29 is 13.5 Å². The molecule has 0 aromatic heterocycles. The van der Waals surface area contributed by atoms with Crippen molar-refractivity contribution in [2.45, 2.75) is 104 Å². The minimum atomic E-state index is -2.41. The van der Waals surface area contributed by atoms with Crippen LogP contribution < -0.4 is 0 Å². The molecule has 0 saturated heterocycles. The third-order valence-electron chi connectivity index (χ3n) is 8.99. The Morgan fingerprint density at radius 1 is 0.840 bits per heavy atom. The number of fused-ring (bicyclic) bond motifs is 5. The van der Waals surface area contributed by atoms with Gasteiger partial charge in [0.1, 0.15) is 0 Å². The van der Waals surface area contributed by atoms with E-state index in [1.165, 1.54) is 32.1 Å². The van der Waals surface area contributed by atoms with Crippen LogP contribution in [0.15, 0.2) is 0 Å². The Bertz CT molecular complexity index is 518. The van der Waals surface area contributed by atoms with Gasteiger partial charge in [0.2, 0.25) is 5.92 Å². The molecule has 0 spiro atoms. The van der Waals surface area contributed by atoms with E-state index in [1.807, 2.05) is 0 Å². The van der Waals surface area contributed by atoms with Crippen molar-refractivity contribution in [3.63, 3.8) is 0 Å². The Hall–Kier alpha value is -0.180. The van der Waals surface area contributed by atoms with E-state index < -0.39 is 5.92 Å². The quantitative estimate of drug-likeness (QED) is 0.553. The van der Waals surface area contributed by atoms with Crippen molar-refractivity contribution in [2.24, 2.45) is 34.5 Å². The maximum atomic E-state index is 14.0. The number of hydrogen-bond acceptors (Lipinski definition) is 1. The van der Waals surface area contributed by atoms with Gasteiger partial charge in [-0.3, -0.25) is 0 Å². The molecule has 4 fully saturated rings. The first kappa shape index (κ1) is 18.2. The Kier molecular flexibility index (Phi) is 4.30. The molecule has 0 bridgehead atoms. The summed E-state index contributed by atoms with van der Waals surface area (Å²) >= 11 is 0. The molecule has 4 rings (SSSR count). The standard InChI is InChI=1S/C22H36F2O/c1-14(2)25-19-8-7-17-16-6-5-15-13-22(23,24)12-11-20(15,3)18(16)9-10-21(17,19)4/h14-19H,5-13H2,1-4H3/t15-,16-,17-,18-,19-,20-,21-/m0/s1. The molecular weight excluding hydrogens is 318 g/mol. The van der Waals surface area contributed by atoms with Crippen molar-refractivity contribution in [3.8, 4) is 0 Å². The molecule has 3 heteroatoms. The average molecular weight is 355 g/mol. The molecule has 7 atom stereocenters. The summed E-state index contributed by atoms with van der Waals surface area (Å²) in [5, 5.41) is 0. The molecule has 0 aromatic rings. The fourth-order valence-electron chi connectivity index (χ4n) is 7.68. The van der Waals surface area contributed by atoms with E-state index in [-0.39, 0.29) is 24.2 Å². The highest BCUT2D eigenvalue weighted by molar-refractivity contribution is 5.10. The van der Waals surface area contributed by atoms with Gasteiger partial charge >= 0.3 is 0 Å². The van der Waals surface area contributed by atoms with Gasteiger partial charge in [-0.2, -0.15) is 0 Å². The molecule has 25 heavy (non-hydrogen) atoms. The fraction of sp³-hybridized carbons (Fsp3) is 1.00. The van der Waals surface area contributed by atoms with Crippen LogP contribution in [0.1, 0.15) is 85.5 Å². The van der Waals surface area contributed by atoms with Gasteiger partial charge in [-0.15, -0.1) is 0 Å². The van der Waals surface area contributed by atoms with Crippen LogP contribution in [-0.2, 0) is 4.74 Å². The summed E-state index contributed by atoms with van der Waals surface area (Å²) in [6.45, 7) is 9.13. The van der Waals surface area contributed by atoms with E-state index in [4.69, 9.17) is 4.74 Å². The zero-order valence-corrected chi connectivity index (χ0v) is 16.5. The third-order valence-corrected chi connectivity index (χ3v) is 8.99. The number of hydrogen-bond donors (Lipinski definition) is 0. The summed E-state index contributed by atoms with van der Waals surface area (Å²) in [5.74, 6) is -0.0177. The van der Waals surface area contributed by atoms with Gasteiger partial charge in [0.25, 0.3) is 0 Å². The molecule has 0 N–H and O–H groups in total. The van der Waals surface area contributed by atoms with E-state index in [0.717, 1.165) is 24.7 Å². The number of ether oxygens (including phenoxy) is 1. The summed E-state index contributed by atoms with van der Waals surface area (Å²) in [5.41, 5.74) is 0.468. The van der Waals surface area contributed by atoms with Crippen LogP contribution in [0.3, 0.4) is 0 Å². The first-order chi connectivity index (χ1) is 11.7. The van der Waals surface area contributed by atoms with Crippen LogP contribution >= 0.6 is 0 Å². The third kappa shape index (κ3) is 2.78. The van der Waals surface area contributed by atoms with Gasteiger partial charge in [-0.1, -0.05) is 13.8 Å². The van der Waals surface area contributed by atoms with Crippen molar-refractivity contribution in [1.82, 2.24) is 0 Å². The number of alkyl halides is 2. The Labute approximate surface area is 152 Å². The van der Waals surface area contributed by atoms with Gasteiger partial charge in [-0.05, 0) is 93.3 Å². The van der Waals surface area contributed by atoms with Crippen molar-refractivity contribution in [1.29, 1.82) is 0 Å². The van der Waals surface area contributed by atoms with Gasteiger partial charge in [0.05, 0.1) is 12.2 Å². The molecule has 0 unspecified atom stereocenters. The Balaban J connectivity index is 1.56. The second-order valence-corrected chi connectivity index (χ2v) is 10.5. The van der Waals surface area contributed by atoms with Gasteiger partial charge in [0.15, 0.2) is 0 Å². The van der Waals surface area contributed by atoms with Crippen LogP contribution in [0.2, 0.25) is 0 Å². The number of halogens is 2. The molecule has 0 heterocycles. The maximum Gasteiger partial charge on any atom is 0.248 e. The predicted octanol–water partition coefficient (Wildman–Crippen LogP) is 6.46. The fourth-order valence-corrected chi connectivity index (χ4v) is 7.68. The summed E-state index contributed by atoms with van der Waals surface area (Å²) < 4.78 is 34.3. The maximum absolute atomic E-state index is 14.0. The summed E-state index contributed by atoms with van der Waals surface area (Å²) in [6, 6.07) is 0. The minimum Gasteiger partial charge on any atom is -0.375 e. The molecule has 1 nitrogen and oxygen atoms in total. The van der Waals surface area contributed by atoms with E-state index in [2.05, 4.69) is 27.7 Å². The van der Waals surface area contributed by atoms with Crippen molar-refractivity contribution in [3.05, 3.63) is 0 Å². The monoisotopic (exact) mass is 354 g/mol. The Morgan fingerprint density at radius 2 is 1.56 bits per heavy atom. The predicted molar refractivity (Wildman–Crippen MR) is 96.7 cm³/mol. The largest absolute Gasteiger partial charge is 0.375 e. The molecule has 4 saturated carbocycles. The second kappa shape index (κ2) is 5.91. The summed E-state index contributed by atoms with van der Waals surface area (Å²) in [7, 11) is 0. The van der Waals surface area contributed by atoms with Crippen molar-refractivity contribution >= 4 is 0 Å². The van der Waals surface area contributed by atoms with Gasteiger partial charge in [-0.25, -0.2) is 8.78 Å². The lowest BCUT2D eigenvalue weighted by molar-refractivity contribution is -0.172. The molecule has 0 aromatic carbocycles. The smallest absolute Gasteiger partial charge is 0.248 e. The highest BCUT2D eigenvalue weighted by atomic mass is 19.3.